The number of rotatable bonds is 5. The Balaban J connectivity index is 1.96. The Morgan fingerprint density at radius 2 is 1.66 bits per heavy atom. The van der Waals surface area contributed by atoms with Gasteiger partial charge in [-0.2, -0.15) is 5.26 Å². The number of nitrogen functional groups attached to an aromatic ring is 1. The van der Waals surface area contributed by atoms with E-state index >= 15 is 0 Å². The molecule has 0 saturated heterocycles. The van der Waals surface area contributed by atoms with Crippen LogP contribution in [-0.2, 0) is 4.79 Å². The van der Waals surface area contributed by atoms with Gasteiger partial charge >= 0.3 is 0 Å². The number of benzene rings is 3. The third-order valence-corrected chi connectivity index (χ3v) is 4.56. The Morgan fingerprint density at radius 3 is 2.28 bits per heavy atom. The highest BCUT2D eigenvalue weighted by Gasteiger charge is 2.15. The van der Waals surface area contributed by atoms with Crippen molar-refractivity contribution in [3.8, 4) is 6.07 Å². The molecule has 0 aromatic heterocycles. The molecule has 0 aliphatic carbocycles. The number of hydrogen-bond donors (Lipinski definition) is 2. The van der Waals surface area contributed by atoms with Crippen molar-refractivity contribution in [3.05, 3.63) is 94.6 Å². The van der Waals surface area contributed by atoms with Crippen molar-refractivity contribution in [2.75, 3.05) is 16.0 Å². The summed E-state index contributed by atoms with van der Waals surface area (Å²) in [6.45, 7) is 0. The fourth-order valence-electron chi connectivity index (χ4n) is 2.57. The summed E-state index contributed by atoms with van der Waals surface area (Å²) in [4.78, 5) is 14.4. The first-order valence-electron chi connectivity index (χ1n) is 8.56. The van der Waals surface area contributed by atoms with Crippen molar-refractivity contribution in [3.63, 3.8) is 0 Å². The van der Waals surface area contributed by atoms with Gasteiger partial charge in [-0.15, -0.1) is 0 Å². The van der Waals surface area contributed by atoms with Gasteiger partial charge < -0.3 is 16.0 Å². The summed E-state index contributed by atoms with van der Waals surface area (Å²) in [5.41, 5.74) is 8.18. The Bertz CT molecular complexity index is 1090. The van der Waals surface area contributed by atoms with Gasteiger partial charge in [0.15, 0.2) is 0 Å². The summed E-state index contributed by atoms with van der Waals surface area (Å²) < 4.78 is 0. The van der Waals surface area contributed by atoms with Gasteiger partial charge in [-0.3, -0.25) is 4.79 Å². The van der Waals surface area contributed by atoms with Crippen LogP contribution in [0.3, 0.4) is 0 Å². The fourth-order valence-corrected chi connectivity index (χ4v) is 3.03. The molecule has 0 atom stereocenters. The Labute approximate surface area is 178 Å². The topological polar surface area (TPSA) is 82.2 Å². The van der Waals surface area contributed by atoms with Crippen molar-refractivity contribution in [2.24, 2.45) is 0 Å². The summed E-state index contributed by atoms with van der Waals surface area (Å²) in [5.74, 6) is -0.590. The van der Waals surface area contributed by atoms with Crippen molar-refractivity contribution in [1.29, 1.82) is 5.26 Å². The number of carbonyl (C=O) groups excluding carboxylic acids is 1. The monoisotopic (exact) mass is 422 g/mol. The maximum absolute atomic E-state index is 12.7. The first-order chi connectivity index (χ1) is 14.0. The molecule has 3 rings (SSSR count). The van der Waals surface area contributed by atoms with E-state index in [1.165, 1.54) is 12.3 Å². The van der Waals surface area contributed by atoms with Gasteiger partial charge in [-0.1, -0.05) is 41.4 Å². The minimum atomic E-state index is -0.590. The predicted octanol–water partition coefficient (Wildman–Crippen LogP) is 5.76. The molecule has 0 fully saturated rings. The standard InChI is InChI=1S/C22H16Cl2N4O/c23-16-6-11-21(20(24)12-16)27-22(29)15(13-25)14-28(18-4-2-1-3-5-18)19-9-7-17(26)8-10-19/h1-12,14H,26H2,(H,27,29)/b15-14-. The molecule has 5 nitrogen and oxygen atoms in total. The molecule has 0 aliphatic heterocycles. The maximum atomic E-state index is 12.7. The zero-order valence-electron chi connectivity index (χ0n) is 15.1. The number of amides is 1. The number of carbonyl (C=O) groups is 1. The number of nitrogens with two attached hydrogens (primary N) is 1. The zero-order chi connectivity index (χ0) is 20.8. The van der Waals surface area contributed by atoms with E-state index in [-0.39, 0.29) is 10.6 Å². The van der Waals surface area contributed by atoms with E-state index in [1.807, 2.05) is 48.5 Å². The van der Waals surface area contributed by atoms with Crippen molar-refractivity contribution < 1.29 is 4.79 Å². The van der Waals surface area contributed by atoms with Crippen LogP contribution >= 0.6 is 23.2 Å². The fraction of sp³-hybridized carbons (Fsp3) is 0. The Morgan fingerprint density at radius 1 is 1.00 bits per heavy atom. The second kappa shape index (κ2) is 9.16. The molecular weight excluding hydrogens is 407 g/mol. The second-order valence-electron chi connectivity index (χ2n) is 6.03. The minimum absolute atomic E-state index is 0.100. The van der Waals surface area contributed by atoms with E-state index in [4.69, 9.17) is 28.9 Å². The molecule has 3 N–H and O–H groups in total. The van der Waals surface area contributed by atoms with Gasteiger partial charge in [0.2, 0.25) is 0 Å². The van der Waals surface area contributed by atoms with E-state index in [0.717, 1.165) is 11.4 Å². The third-order valence-electron chi connectivity index (χ3n) is 4.01. The van der Waals surface area contributed by atoms with Crippen LogP contribution in [0.5, 0.6) is 0 Å². The van der Waals surface area contributed by atoms with Crippen LogP contribution < -0.4 is 16.0 Å². The molecule has 144 valence electrons. The maximum Gasteiger partial charge on any atom is 0.267 e. The van der Waals surface area contributed by atoms with Gasteiger partial charge in [0.25, 0.3) is 5.91 Å². The lowest BCUT2D eigenvalue weighted by Gasteiger charge is -2.21. The number of anilines is 4. The SMILES string of the molecule is N#C/C(=C/N(c1ccccc1)c1ccc(N)cc1)C(=O)Nc1ccc(Cl)cc1Cl. The van der Waals surface area contributed by atoms with Crippen molar-refractivity contribution in [1.82, 2.24) is 0 Å². The number of nitrogens with zero attached hydrogens (tertiary/aromatic N) is 2. The smallest absolute Gasteiger partial charge is 0.267 e. The van der Waals surface area contributed by atoms with Crippen LogP contribution in [0.25, 0.3) is 0 Å². The normalized spacial score (nSPS) is 10.9. The lowest BCUT2D eigenvalue weighted by Crippen LogP contribution is -2.18. The quantitative estimate of drug-likeness (QED) is 0.311. The van der Waals surface area contributed by atoms with Gasteiger partial charge in [0, 0.05) is 28.3 Å². The number of halogens is 2. The Hall–Kier alpha value is -3.46. The van der Waals surface area contributed by atoms with E-state index in [2.05, 4.69) is 5.32 Å². The van der Waals surface area contributed by atoms with Gasteiger partial charge in [0.1, 0.15) is 11.6 Å². The molecule has 3 aromatic rings. The molecule has 0 heterocycles. The number of hydrogen-bond acceptors (Lipinski definition) is 4. The van der Waals surface area contributed by atoms with Crippen LogP contribution in [0.1, 0.15) is 0 Å². The number of nitrogens with one attached hydrogen (secondary N) is 1. The molecule has 0 bridgehead atoms. The van der Waals surface area contributed by atoms with Gasteiger partial charge in [-0.05, 0) is 54.6 Å². The highest BCUT2D eigenvalue weighted by Crippen LogP contribution is 2.28. The number of nitriles is 1. The molecule has 29 heavy (non-hydrogen) atoms. The van der Waals surface area contributed by atoms with E-state index in [1.54, 1.807) is 29.2 Å². The molecule has 0 spiro atoms. The van der Waals surface area contributed by atoms with E-state index < -0.39 is 5.91 Å². The minimum Gasteiger partial charge on any atom is -0.399 e. The molecule has 7 heteroatoms. The summed E-state index contributed by atoms with van der Waals surface area (Å²) in [7, 11) is 0. The Kier molecular flexibility index (Phi) is 6.40. The molecular formula is C22H16Cl2N4O. The van der Waals surface area contributed by atoms with Crippen molar-refractivity contribution in [2.45, 2.75) is 0 Å². The van der Waals surface area contributed by atoms with Crippen LogP contribution in [0.2, 0.25) is 10.0 Å². The van der Waals surface area contributed by atoms with Crippen LogP contribution in [0, 0.1) is 11.3 Å². The largest absolute Gasteiger partial charge is 0.399 e. The van der Waals surface area contributed by atoms with E-state index in [0.29, 0.717) is 16.4 Å². The molecule has 0 aliphatic rings. The van der Waals surface area contributed by atoms with Crippen LogP contribution in [0.15, 0.2) is 84.6 Å². The predicted molar refractivity (Wildman–Crippen MR) is 118 cm³/mol. The zero-order valence-corrected chi connectivity index (χ0v) is 16.7. The summed E-state index contributed by atoms with van der Waals surface area (Å²) >= 11 is 12.0. The average molecular weight is 423 g/mol. The van der Waals surface area contributed by atoms with Gasteiger partial charge in [0.05, 0.1) is 10.7 Å². The van der Waals surface area contributed by atoms with Gasteiger partial charge in [-0.25, -0.2) is 0 Å². The lowest BCUT2D eigenvalue weighted by molar-refractivity contribution is -0.112. The summed E-state index contributed by atoms with van der Waals surface area (Å²) in [5, 5.41) is 13.0. The highest BCUT2D eigenvalue weighted by atomic mass is 35.5. The lowest BCUT2D eigenvalue weighted by atomic mass is 10.2. The van der Waals surface area contributed by atoms with E-state index in [9.17, 15) is 10.1 Å². The second-order valence-corrected chi connectivity index (χ2v) is 6.87. The average Bonchev–Trinajstić information content (AvgIpc) is 2.72. The molecule has 0 radical (unpaired) electrons. The first-order valence-corrected chi connectivity index (χ1v) is 9.31. The number of para-hydroxylation sites is 1. The molecule has 0 unspecified atom stereocenters. The molecule has 3 aromatic carbocycles. The highest BCUT2D eigenvalue weighted by molar-refractivity contribution is 6.36. The third kappa shape index (κ3) is 5.08. The summed E-state index contributed by atoms with van der Waals surface area (Å²) in [6.07, 6.45) is 1.47. The molecule has 0 saturated carbocycles. The van der Waals surface area contributed by atoms with Crippen LogP contribution in [-0.4, -0.2) is 5.91 Å². The molecule has 1 amide bonds. The summed E-state index contributed by atoms with van der Waals surface area (Å²) in [6, 6.07) is 23.1. The van der Waals surface area contributed by atoms with Crippen LogP contribution in [0.4, 0.5) is 22.7 Å². The first kappa shape index (κ1) is 20.3. The van der Waals surface area contributed by atoms with Crippen molar-refractivity contribution >= 4 is 51.9 Å².